The third kappa shape index (κ3) is 2.88. The number of aromatic carboxylic acids is 1. The molecule has 1 aromatic heterocycles. The van der Waals surface area contributed by atoms with Crippen LogP contribution in [-0.2, 0) is 10.0 Å². The molecule has 0 fully saturated rings. The number of imidazole rings is 1. The van der Waals surface area contributed by atoms with Crippen LogP contribution in [0.5, 0.6) is 0 Å². The first-order valence-corrected chi connectivity index (χ1v) is 6.83. The van der Waals surface area contributed by atoms with Crippen LogP contribution in [0.1, 0.15) is 10.4 Å². The Morgan fingerprint density at radius 1 is 1.43 bits per heavy atom. The van der Waals surface area contributed by atoms with E-state index in [4.69, 9.17) is 10.2 Å². The number of nitrogens with two attached hydrogens (primary N) is 1. The van der Waals surface area contributed by atoms with E-state index in [1.165, 1.54) is 6.07 Å². The fourth-order valence-electron chi connectivity index (χ4n) is 1.63. The molecule has 0 saturated carbocycles. The van der Waals surface area contributed by atoms with E-state index in [9.17, 15) is 23.3 Å². The minimum atomic E-state index is -4.06. The van der Waals surface area contributed by atoms with Crippen LogP contribution < -0.4 is 5.14 Å². The summed E-state index contributed by atoms with van der Waals surface area (Å²) in [6, 6.07) is 3.15. The monoisotopic (exact) mass is 312 g/mol. The van der Waals surface area contributed by atoms with Gasteiger partial charge in [-0.05, 0) is 28.1 Å². The zero-order chi connectivity index (χ0) is 15.8. The Morgan fingerprint density at radius 3 is 2.57 bits per heavy atom. The van der Waals surface area contributed by atoms with Crippen molar-refractivity contribution in [3.8, 4) is 5.69 Å². The number of rotatable bonds is 4. The Balaban J connectivity index is 2.63. The predicted molar refractivity (Wildman–Crippen MR) is 68.6 cm³/mol. The lowest BCUT2D eigenvalue weighted by molar-refractivity contribution is -0.389. The highest BCUT2D eigenvalue weighted by atomic mass is 32.2. The maximum Gasteiger partial charge on any atom is 0.381 e. The van der Waals surface area contributed by atoms with Gasteiger partial charge in [-0.15, -0.1) is 0 Å². The molecule has 11 heteroatoms. The number of hydrogen-bond donors (Lipinski definition) is 2. The molecule has 0 atom stereocenters. The van der Waals surface area contributed by atoms with Crippen molar-refractivity contribution in [2.45, 2.75) is 4.90 Å². The Bertz CT molecular complexity index is 841. The molecule has 0 amide bonds. The summed E-state index contributed by atoms with van der Waals surface area (Å²) in [5.41, 5.74) is -0.357. The van der Waals surface area contributed by atoms with Crippen molar-refractivity contribution in [3.63, 3.8) is 0 Å². The van der Waals surface area contributed by atoms with Crippen LogP contribution in [0.4, 0.5) is 5.82 Å². The molecule has 1 aromatic carbocycles. The molecular weight excluding hydrogens is 304 g/mol. The summed E-state index contributed by atoms with van der Waals surface area (Å²) in [6.45, 7) is 0. The molecule has 2 rings (SSSR count). The number of carbonyl (C=O) groups is 1. The lowest BCUT2D eigenvalue weighted by atomic mass is 10.2. The SMILES string of the molecule is NS(=O)(=O)c1ccc(-n2cnc([N+](=O)[O-])c2)c(C(=O)O)c1. The molecule has 110 valence electrons. The van der Waals surface area contributed by atoms with Gasteiger partial charge < -0.3 is 15.2 Å². The maximum absolute atomic E-state index is 11.2. The number of carboxylic acid groups (broad SMARTS) is 1. The first-order chi connectivity index (χ1) is 9.70. The fourth-order valence-corrected chi connectivity index (χ4v) is 2.17. The van der Waals surface area contributed by atoms with E-state index in [1.807, 2.05) is 0 Å². The highest BCUT2D eigenvalue weighted by Gasteiger charge is 2.19. The molecule has 21 heavy (non-hydrogen) atoms. The van der Waals surface area contributed by atoms with Gasteiger partial charge in [-0.2, -0.15) is 0 Å². The molecule has 0 bridgehead atoms. The average molecular weight is 312 g/mol. The van der Waals surface area contributed by atoms with Crippen LogP contribution in [0.2, 0.25) is 0 Å². The molecule has 0 unspecified atom stereocenters. The van der Waals surface area contributed by atoms with Gasteiger partial charge in [0.05, 0.1) is 16.1 Å². The second kappa shape index (κ2) is 4.96. The van der Waals surface area contributed by atoms with E-state index >= 15 is 0 Å². The van der Waals surface area contributed by atoms with E-state index in [0.717, 1.165) is 29.2 Å². The van der Waals surface area contributed by atoms with Crippen LogP contribution in [0, 0.1) is 10.1 Å². The maximum atomic E-state index is 11.2. The standard InChI is InChI=1S/C10H8N4O6S/c11-21(19,20)6-1-2-8(7(3-6)10(15)16)13-4-9(12-5-13)14(17)18/h1-5H,(H,15,16)(H2,11,19,20). The summed E-state index contributed by atoms with van der Waals surface area (Å²) in [5.74, 6) is -1.88. The number of carboxylic acids is 1. The van der Waals surface area contributed by atoms with Gasteiger partial charge in [-0.3, -0.25) is 4.57 Å². The third-order valence-corrected chi connectivity index (χ3v) is 3.47. The van der Waals surface area contributed by atoms with Gasteiger partial charge in [0.2, 0.25) is 16.4 Å². The minimum absolute atomic E-state index is 0.0236. The second-order valence-corrected chi connectivity index (χ2v) is 5.49. The molecule has 10 nitrogen and oxygen atoms in total. The van der Waals surface area contributed by atoms with E-state index in [-0.39, 0.29) is 16.1 Å². The van der Waals surface area contributed by atoms with Crippen LogP contribution >= 0.6 is 0 Å². The smallest absolute Gasteiger partial charge is 0.381 e. The summed E-state index contributed by atoms with van der Waals surface area (Å²) in [4.78, 5) is 24.2. The van der Waals surface area contributed by atoms with Crippen molar-refractivity contribution in [2.75, 3.05) is 0 Å². The second-order valence-electron chi connectivity index (χ2n) is 3.93. The molecular formula is C10H8N4O6S. The summed E-state index contributed by atoms with van der Waals surface area (Å²) < 4.78 is 23.6. The normalized spacial score (nSPS) is 11.3. The van der Waals surface area contributed by atoms with Gasteiger partial charge in [-0.1, -0.05) is 0 Å². The Labute approximate surface area is 117 Å². The Morgan fingerprint density at radius 2 is 2.10 bits per heavy atom. The number of primary sulfonamides is 1. The first-order valence-electron chi connectivity index (χ1n) is 5.29. The quantitative estimate of drug-likeness (QED) is 0.599. The molecule has 0 aliphatic rings. The van der Waals surface area contributed by atoms with Crippen molar-refractivity contribution in [3.05, 3.63) is 46.4 Å². The number of sulfonamides is 1. The van der Waals surface area contributed by atoms with Crippen LogP contribution in [-0.4, -0.2) is 34.0 Å². The minimum Gasteiger partial charge on any atom is -0.478 e. The Kier molecular flexibility index (Phi) is 3.45. The van der Waals surface area contributed by atoms with Crippen molar-refractivity contribution >= 4 is 21.8 Å². The molecule has 0 saturated heterocycles. The molecule has 0 radical (unpaired) electrons. The van der Waals surface area contributed by atoms with E-state index < -0.39 is 26.7 Å². The summed E-state index contributed by atoms with van der Waals surface area (Å²) in [6.07, 6.45) is 2.06. The summed E-state index contributed by atoms with van der Waals surface area (Å²) in [7, 11) is -4.06. The lowest BCUT2D eigenvalue weighted by Gasteiger charge is -2.07. The van der Waals surface area contributed by atoms with Gasteiger partial charge in [0, 0.05) is 0 Å². The third-order valence-electron chi connectivity index (χ3n) is 2.56. The van der Waals surface area contributed by atoms with E-state index in [2.05, 4.69) is 4.98 Å². The van der Waals surface area contributed by atoms with E-state index in [0.29, 0.717) is 0 Å². The zero-order valence-electron chi connectivity index (χ0n) is 10.2. The highest BCUT2D eigenvalue weighted by molar-refractivity contribution is 7.89. The first kappa shape index (κ1) is 14.6. The largest absolute Gasteiger partial charge is 0.478 e. The topological polar surface area (TPSA) is 158 Å². The van der Waals surface area contributed by atoms with Crippen molar-refractivity contribution in [2.24, 2.45) is 5.14 Å². The van der Waals surface area contributed by atoms with Gasteiger partial charge in [0.25, 0.3) is 0 Å². The summed E-state index contributed by atoms with van der Waals surface area (Å²) in [5, 5.41) is 24.6. The molecule has 0 aliphatic heterocycles. The van der Waals surface area contributed by atoms with Gasteiger partial charge in [0.1, 0.15) is 6.20 Å². The Hall–Kier alpha value is -2.79. The highest BCUT2D eigenvalue weighted by Crippen LogP contribution is 2.21. The molecule has 2 aromatic rings. The van der Waals surface area contributed by atoms with E-state index in [1.54, 1.807) is 0 Å². The zero-order valence-corrected chi connectivity index (χ0v) is 11.0. The molecule has 0 aliphatic carbocycles. The predicted octanol–water partition coefficient (Wildman–Crippen LogP) is 0.126. The van der Waals surface area contributed by atoms with Crippen LogP contribution in [0.15, 0.2) is 35.6 Å². The van der Waals surface area contributed by atoms with Crippen molar-refractivity contribution < 1.29 is 23.2 Å². The number of aromatic nitrogens is 2. The number of benzene rings is 1. The number of nitro groups is 1. The van der Waals surface area contributed by atoms with Gasteiger partial charge >= 0.3 is 11.8 Å². The summed E-state index contributed by atoms with van der Waals surface area (Å²) >= 11 is 0. The van der Waals surface area contributed by atoms with Gasteiger partial charge in [0.15, 0.2) is 0 Å². The van der Waals surface area contributed by atoms with Crippen LogP contribution in [0.3, 0.4) is 0 Å². The molecule has 0 spiro atoms. The molecule has 3 N–H and O–H groups in total. The van der Waals surface area contributed by atoms with Gasteiger partial charge in [-0.25, -0.2) is 18.4 Å². The lowest BCUT2D eigenvalue weighted by Crippen LogP contribution is -2.14. The number of nitrogens with zero attached hydrogens (tertiary/aromatic N) is 3. The number of hydrogen-bond acceptors (Lipinski definition) is 6. The molecule has 1 heterocycles. The average Bonchev–Trinajstić information content (AvgIpc) is 2.86. The van der Waals surface area contributed by atoms with Crippen molar-refractivity contribution in [1.29, 1.82) is 0 Å². The van der Waals surface area contributed by atoms with Crippen molar-refractivity contribution in [1.82, 2.24) is 9.55 Å². The van der Waals surface area contributed by atoms with Crippen LogP contribution in [0.25, 0.3) is 5.69 Å². The fraction of sp³-hybridized carbons (Fsp3) is 0.